The van der Waals surface area contributed by atoms with E-state index in [1.807, 2.05) is 19.1 Å². The Bertz CT molecular complexity index is 572. The maximum atomic E-state index is 13.5. The first-order valence-corrected chi connectivity index (χ1v) is 6.56. The van der Waals surface area contributed by atoms with Gasteiger partial charge in [0, 0.05) is 15.1 Å². The van der Waals surface area contributed by atoms with E-state index < -0.39 is 0 Å². The summed E-state index contributed by atoms with van der Waals surface area (Å²) in [6, 6.07) is 10.3. The molecule has 0 aromatic heterocycles. The van der Waals surface area contributed by atoms with Gasteiger partial charge in [-0.05, 0) is 36.8 Å². The first-order valence-electron chi connectivity index (χ1n) is 5.39. The van der Waals surface area contributed by atoms with Crippen LogP contribution in [0.5, 0.6) is 5.75 Å². The zero-order valence-corrected chi connectivity index (χ0v) is 12.1. The Morgan fingerprint density at radius 2 is 2.00 bits per heavy atom. The van der Waals surface area contributed by atoms with Gasteiger partial charge in [0.2, 0.25) is 0 Å². The van der Waals surface area contributed by atoms with Gasteiger partial charge in [-0.2, -0.15) is 0 Å². The number of ether oxygens (including phenoxy) is 1. The Balaban J connectivity index is 2.13. The standard InChI is InChI=1S/C14H11BrClFO/c1-9-2-5-13(17)14(6-9)18-8-10-3-4-11(15)7-12(10)16/h2-7H,8H2,1H3. The highest BCUT2D eigenvalue weighted by molar-refractivity contribution is 9.10. The minimum atomic E-state index is -0.367. The minimum Gasteiger partial charge on any atom is -0.486 e. The van der Waals surface area contributed by atoms with E-state index in [0.717, 1.165) is 15.6 Å². The smallest absolute Gasteiger partial charge is 0.165 e. The fourth-order valence-corrected chi connectivity index (χ4v) is 2.24. The second-order valence-electron chi connectivity index (χ2n) is 3.96. The molecular formula is C14H11BrClFO. The summed E-state index contributed by atoms with van der Waals surface area (Å²) in [4.78, 5) is 0. The molecule has 0 aliphatic heterocycles. The summed E-state index contributed by atoms with van der Waals surface area (Å²) in [7, 11) is 0. The van der Waals surface area contributed by atoms with Gasteiger partial charge in [0.25, 0.3) is 0 Å². The predicted molar refractivity (Wildman–Crippen MR) is 74.6 cm³/mol. The van der Waals surface area contributed by atoms with E-state index in [1.54, 1.807) is 18.2 Å². The number of hydrogen-bond acceptors (Lipinski definition) is 1. The summed E-state index contributed by atoms with van der Waals surface area (Å²) in [6.45, 7) is 2.13. The highest BCUT2D eigenvalue weighted by atomic mass is 79.9. The molecule has 0 saturated carbocycles. The van der Waals surface area contributed by atoms with E-state index in [4.69, 9.17) is 16.3 Å². The van der Waals surface area contributed by atoms with Gasteiger partial charge >= 0.3 is 0 Å². The largest absolute Gasteiger partial charge is 0.486 e. The van der Waals surface area contributed by atoms with Crippen LogP contribution in [0.4, 0.5) is 4.39 Å². The lowest BCUT2D eigenvalue weighted by Crippen LogP contribution is -1.98. The Kier molecular flexibility index (Phi) is 4.25. The molecule has 0 aliphatic rings. The molecule has 0 radical (unpaired) electrons. The normalized spacial score (nSPS) is 10.4. The second-order valence-corrected chi connectivity index (χ2v) is 5.28. The quantitative estimate of drug-likeness (QED) is 0.758. The van der Waals surface area contributed by atoms with Crippen LogP contribution in [0.3, 0.4) is 0 Å². The molecule has 0 spiro atoms. The summed E-state index contributed by atoms with van der Waals surface area (Å²) in [5.74, 6) is -0.122. The lowest BCUT2D eigenvalue weighted by Gasteiger charge is -2.09. The van der Waals surface area contributed by atoms with E-state index in [1.165, 1.54) is 6.07 Å². The van der Waals surface area contributed by atoms with Gasteiger partial charge in [-0.25, -0.2) is 4.39 Å². The number of benzene rings is 2. The molecule has 2 aromatic carbocycles. The Morgan fingerprint density at radius 1 is 1.22 bits per heavy atom. The molecule has 0 atom stereocenters. The highest BCUT2D eigenvalue weighted by Gasteiger charge is 2.06. The first-order chi connectivity index (χ1) is 8.56. The van der Waals surface area contributed by atoms with Crippen molar-refractivity contribution in [3.05, 3.63) is 62.8 Å². The lowest BCUT2D eigenvalue weighted by atomic mass is 10.2. The van der Waals surface area contributed by atoms with Crippen LogP contribution in [0, 0.1) is 12.7 Å². The van der Waals surface area contributed by atoms with Crippen molar-refractivity contribution in [1.29, 1.82) is 0 Å². The van der Waals surface area contributed by atoms with Crippen molar-refractivity contribution in [3.63, 3.8) is 0 Å². The molecular weight excluding hydrogens is 319 g/mol. The zero-order valence-electron chi connectivity index (χ0n) is 9.71. The number of hydrogen-bond donors (Lipinski definition) is 0. The summed E-state index contributed by atoms with van der Waals surface area (Å²) in [5.41, 5.74) is 1.77. The van der Waals surface area contributed by atoms with Gasteiger partial charge in [0.05, 0.1) is 0 Å². The summed E-state index contributed by atoms with van der Waals surface area (Å²) >= 11 is 9.39. The summed E-state index contributed by atoms with van der Waals surface area (Å²) in [5, 5.41) is 0.595. The molecule has 0 bridgehead atoms. The van der Waals surface area contributed by atoms with Crippen molar-refractivity contribution in [2.75, 3.05) is 0 Å². The van der Waals surface area contributed by atoms with E-state index in [2.05, 4.69) is 15.9 Å². The van der Waals surface area contributed by atoms with Crippen LogP contribution in [-0.2, 0) is 6.61 Å². The molecule has 0 saturated heterocycles. The molecule has 2 aromatic rings. The number of rotatable bonds is 3. The Labute approximate surface area is 119 Å². The van der Waals surface area contributed by atoms with E-state index in [0.29, 0.717) is 5.02 Å². The van der Waals surface area contributed by atoms with Crippen molar-refractivity contribution >= 4 is 27.5 Å². The van der Waals surface area contributed by atoms with Crippen molar-refractivity contribution < 1.29 is 9.13 Å². The van der Waals surface area contributed by atoms with Crippen molar-refractivity contribution in [2.45, 2.75) is 13.5 Å². The zero-order chi connectivity index (χ0) is 13.1. The third-order valence-corrected chi connectivity index (χ3v) is 3.33. The molecule has 0 unspecified atom stereocenters. The molecule has 4 heteroatoms. The van der Waals surface area contributed by atoms with Crippen molar-refractivity contribution in [3.8, 4) is 5.75 Å². The van der Waals surface area contributed by atoms with Crippen LogP contribution >= 0.6 is 27.5 Å². The third-order valence-electron chi connectivity index (χ3n) is 2.48. The summed E-state index contributed by atoms with van der Waals surface area (Å²) < 4.78 is 19.8. The van der Waals surface area contributed by atoms with Crippen LogP contribution in [0.15, 0.2) is 40.9 Å². The lowest BCUT2D eigenvalue weighted by molar-refractivity contribution is 0.290. The van der Waals surface area contributed by atoms with Crippen LogP contribution in [-0.4, -0.2) is 0 Å². The van der Waals surface area contributed by atoms with Crippen molar-refractivity contribution in [1.82, 2.24) is 0 Å². The van der Waals surface area contributed by atoms with Gasteiger partial charge in [0.15, 0.2) is 11.6 Å². The minimum absolute atomic E-state index is 0.243. The molecule has 0 aliphatic carbocycles. The number of aryl methyl sites for hydroxylation is 1. The monoisotopic (exact) mass is 328 g/mol. The maximum absolute atomic E-state index is 13.5. The molecule has 0 fully saturated rings. The summed E-state index contributed by atoms with van der Waals surface area (Å²) in [6.07, 6.45) is 0. The Hall–Kier alpha value is -1.06. The average molecular weight is 330 g/mol. The number of halogens is 3. The van der Waals surface area contributed by atoms with Gasteiger partial charge in [0.1, 0.15) is 6.61 Å². The third kappa shape index (κ3) is 3.24. The van der Waals surface area contributed by atoms with E-state index >= 15 is 0 Å². The topological polar surface area (TPSA) is 9.23 Å². The molecule has 18 heavy (non-hydrogen) atoms. The van der Waals surface area contributed by atoms with Gasteiger partial charge in [-0.15, -0.1) is 0 Å². The predicted octanol–water partition coefficient (Wildman–Crippen LogP) is 5.13. The van der Waals surface area contributed by atoms with Gasteiger partial charge in [-0.1, -0.05) is 39.7 Å². The fraction of sp³-hybridized carbons (Fsp3) is 0.143. The molecule has 2 rings (SSSR count). The van der Waals surface area contributed by atoms with Gasteiger partial charge < -0.3 is 4.74 Å². The van der Waals surface area contributed by atoms with Crippen LogP contribution in [0.2, 0.25) is 5.02 Å². The van der Waals surface area contributed by atoms with Crippen LogP contribution in [0.25, 0.3) is 0 Å². The van der Waals surface area contributed by atoms with E-state index in [-0.39, 0.29) is 18.2 Å². The average Bonchev–Trinajstić information content (AvgIpc) is 2.32. The second kappa shape index (κ2) is 5.72. The van der Waals surface area contributed by atoms with Gasteiger partial charge in [-0.3, -0.25) is 0 Å². The molecule has 0 N–H and O–H groups in total. The SMILES string of the molecule is Cc1ccc(F)c(OCc2ccc(Br)cc2Cl)c1. The Morgan fingerprint density at radius 3 is 2.72 bits per heavy atom. The molecule has 94 valence electrons. The molecule has 1 nitrogen and oxygen atoms in total. The first kappa shape index (κ1) is 13.4. The molecule has 0 heterocycles. The fourth-order valence-electron chi connectivity index (χ4n) is 1.52. The highest BCUT2D eigenvalue weighted by Crippen LogP contribution is 2.24. The van der Waals surface area contributed by atoms with Crippen LogP contribution in [0.1, 0.15) is 11.1 Å². The van der Waals surface area contributed by atoms with E-state index in [9.17, 15) is 4.39 Å². The van der Waals surface area contributed by atoms with Crippen LogP contribution < -0.4 is 4.74 Å². The maximum Gasteiger partial charge on any atom is 0.165 e. The van der Waals surface area contributed by atoms with Crippen molar-refractivity contribution in [2.24, 2.45) is 0 Å². The molecule has 0 amide bonds.